The second-order valence-corrected chi connectivity index (χ2v) is 7.42. The van der Waals surface area contributed by atoms with Crippen LogP contribution in [0.1, 0.15) is 6.92 Å². The van der Waals surface area contributed by atoms with Gasteiger partial charge in [-0.3, -0.25) is 8.77 Å². The molecule has 1 saturated heterocycles. The van der Waals surface area contributed by atoms with Gasteiger partial charge in [-0.05, 0) is 32.2 Å². The maximum atomic E-state index is 10.4. The van der Waals surface area contributed by atoms with Gasteiger partial charge in [0.1, 0.15) is 6.29 Å². The van der Waals surface area contributed by atoms with Gasteiger partial charge in [0.15, 0.2) is 0 Å². The molecule has 8 nitrogen and oxygen atoms in total. The third kappa shape index (κ3) is 6.08. The molecule has 28 heavy (non-hydrogen) atoms. The van der Waals surface area contributed by atoms with E-state index in [2.05, 4.69) is 49.4 Å². The summed E-state index contributed by atoms with van der Waals surface area (Å²) in [6.07, 6.45) is 5.65. The third-order valence-electron chi connectivity index (χ3n) is 4.16. The Balaban J connectivity index is 0.000000266. The predicted molar refractivity (Wildman–Crippen MR) is 112 cm³/mol. The molecule has 1 N–H and O–H groups in total. The van der Waals surface area contributed by atoms with E-state index in [1.807, 2.05) is 6.07 Å². The van der Waals surface area contributed by atoms with Crippen molar-refractivity contribution in [3.05, 3.63) is 37.2 Å². The second-order valence-electron chi connectivity index (χ2n) is 6.35. The van der Waals surface area contributed by atoms with Gasteiger partial charge in [-0.2, -0.15) is 0 Å². The molecule has 2 aromatic heterocycles. The van der Waals surface area contributed by atoms with Crippen molar-refractivity contribution in [1.29, 1.82) is 0 Å². The largest absolute Gasteiger partial charge is 0.481 e. The van der Waals surface area contributed by atoms with Crippen molar-refractivity contribution < 1.29 is 14.3 Å². The van der Waals surface area contributed by atoms with Crippen LogP contribution in [0, 0.1) is 0 Å². The van der Waals surface area contributed by atoms with E-state index in [0.717, 1.165) is 43.2 Å². The maximum Gasteiger partial charge on any atom is 0.243 e. The molecule has 1 unspecified atom stereocenters. The SMILES string of the molecule is C=CC(=O)NC(C)C=O.COc1nccc2c1ccn2SN1CCN(C)CC1. The first-order valence-corrected chi connectivity index (χ1v) is 9.71. The Labute approximate surface area is 169 Å². The highest BCUT2D eigenvalue weighted by Gasteiger charge is 2.16. The van der Waals surface area contributed by atoms with Crippen molar-refractivity contribution in [2.24, 2.45) is 0 Å². The van der Waals surface area contributed by atoms with Crippen molar-refractivity contribution in [2.45, 2.75) is 13.0 Å². The number of pyridine rings is 1. The Morgan fingerprint density at radius 2 is 2.07 bits per heavy atom. The number of nitrogens with zero attached hydrogens (tertiary/aromatic N) is 4. The number of carbonyl (C=O) groups is 2. The summed E-state index contributed by atoms with van der Waals surface area (Å²) in [5.74, 6) is 0.366. The number of hydrogen-bond donors (Lipinski definition) is 1. The molecule has 0 aromatic carbocycles. The van der Waals surface area contributed by atoms with Crippen LogP contribution in [0.4, 0.5) is 0 Å². The third-order valence-corrected chi connectivity index (χ3v) is 5.25. The molecule has 9 heteroatoms. The second kappa shape index (κ2) is 10.8. The van der Waals surface area contributed by atoms with Crippen LogP contribution in [0.15, 0.2) is 37.2 Å². The standard InChI is InChI=1S/C13H18N4OS.C6H9NO2/c1-15-7-9-16(10-8-15)19-17-6-4-11-12(17)3-5-14-13(11)18-2;1-3-6(9)7-5(2)4-8/h3-6H,7-10H2,1-2H3;3-5H,1H2,2H3,(H,7,9). The minimum absolute atomic E-state index is 0.324. The topological polar surface area (TPSA) is 79.7 Å². The molecule has 1 aliphatic rings. The highest BCUT2D eigenvalue weighted by Crippen LogP contribution is 2.28. The molecule has 1 aliphatic heterocycles. The smallest absolute Gasteiger partial charge is 0.243 e. The Morgan fingerprint density at radius 3 is 2.68 bits per heavy atom. The molecule has 152 valence electrons. The maximum absolute atomic E-state index is 10.4. The molecule has 3 heterocycles. The molecule has 0 spiro atoms. The van der Waals surface area contributed by atoms with Crippen molar-refractivity contribution >= 4 is 35.2 Å². The number of ether oxygens (including phenoxy) is 1. The number of nitrogens with one attached hydrogen (secondary N) is 1. The number of fused-ring (bicyclic) bond motifs is 1. The highest BCUT2D eigenvalue weighted by molar-refractivity contribution is 7.95. The molecule has 0 saturated carbocycles. The quantitative estimate of drug-likeness (QED) is 0.444. The van der Waals surface area contributed by atoms with Crippen molar-refractivity contribution in [1.82, 2.24) is 23.5 Å². The van der Waals surface area contributed by atoms with Crippen LogP contribution < -0.4 is 10.1 Å². The van der Waals surface area contributed by atoms with Gasteiger partial charge in [0.25, 0.3) is 0 Å². The van der Waals surface area contributed by atoms with Crippen molar-refractivity contribution in [3.63, 3.8) is 0 Å². The number of amides is 1. The number of methoxy groups -OCH3 is 1. The number of aldehydes is 1. The van der Waals surface area contributed by atoms with Gasteiger partial charge in [-0.1, -0.05) is 6.58 Å². The summed E-state index contributed by atoms with van der Waals surface area (Å²) in [5.41, 5.74) is 1.15. The first-order chi connectivity index (χ1) is 13.5. The Hall–Kier alpha value is -2.36. The highest BCUT2D eigenvalue weighted by atomic mass is 32.2. The van der Waals surface area contributed by atoms with Gasteiger partial charge in [0.05, 0.1) is 24.1 Å². The van der Waals surface area contributed by atoms with Crippen LogP contribution >= 0.6 is 12.1 Å². The van der Waals surface area contributed by atoms with E-state index < -0.39 is 6.04 Å². The van der Waals surface area contributed by atoms with Crippen LogP contribution in [0.2, 0.25) is 0 Å². The lowest BCUT2D eigenvalue weighted by Crippen LogP contribution is -2.41. The summed E-state index contributed by atoms with van der Waals surface area (Å²) in [6.45, 7) is 9.23. The lowest BCUT2D eigenvalue weighted by atomic mass is 10.3. The zero-order valence-electron chi connectivity index (χ0n) is 16.5. The van der Waals surface area contributed by atoms with Gasteiger partial charge >= 0.3 is 0 Å². The molecular formula is C19H27N5O3S. The van der Waals surface area contributed by atoms with E-state index in [9.17, 15) is 9.59 Å². The molecule has 1 atom stereocenters. The van der Waals surface area contributed by atoms with Gasteiger partial charge in [0, 0.05) is 50.7 Å². The van der Waals surface area contributed by atoms with Gasteiger partial charge in [0.2, 0.25) is 11.8 Å². The van der Waals surface area contributed by atoms with E-state index in [4.69, 9.17) is 4.74 Å². The average molecular weight is 406 g/mol. The minimum atomic E-state index is -0.421. The van der Waals surface area contributed by atoms with E-state index in [0.29, 0.717) is 12.2 Å². The Morgan fingerprint density at radius 1 is 1.36 bits per heavy atom. The molecule has 0 bridgehead atoms. The molecule has 0 radical (unpaired) electrons. The molecule has 1 fully saturated rings. The molecule has 1 amide bonds. The average Bonchev–Trinajstić information content (AvgIpc) is 3.13. The van der Waals surface area contributed by atoms with E-state index >= 15 is 0 Å². The number of piperazine rings is 1. The number of aromatic nitrogens is 2. The first kappa shape index (κ1) is 21.9. The van der Waals surface area contributed by atoms with Crippen LogP contribution in [0.5, 0.6) is 5.88 Å². The monoisotopic (exact) mass is 405 g/mol. The fourth-order valence-corrected chi connectivity index (χ4v) is 3.50. The van der Waals surface area contributed by atoms with Crippen LogP contribution in [-0.2, 0) is 9.59 Å². The number of hydrogen-bond acceptors (Lipinski definition) is 7. The van der Waals surface area contributed by atoms with Crippen molar-refractivity contribution in [3.8, 4) is 5.88 Å². The number of carbonyl (C=O) groups excluding carboxylic acids is 2. The Bertz CT molecular complexity index is 802. The molecule has 0 aliphatic carbocycles. The summed E-state index contributed by atoms with van der Waals surface area (Å²) < 4.78 is 9.87. The summed E-state index contributed by atoms with van der Waals surface area (Å²) in [5, 5.41) is 3.42. The van der Waals surface area contributed by atoms with Crippen molar-refractivity contribution in [2.75, 3.05) is 40.3 Å². The zero-order chi connectivity index (χ0) is 20.5. The van der Waals surface area contributed by atoms with Gasteiger partial charge in [-0.25, -0.2) is 9.29 Å². The normalized spacial score (nSPS) is 16.0. The minimum Gasteiger partial charge on any atom is -0.481 e. The van der Waals surface area contributed by atoms with Gasteiger partial charge in [-0.15, -0.1) is 0 Å². The lowest BCUT2D eigenvalue weighted by Gasteiger charge is -2.31. The summed E-state index contributed by atoms with van der Waals surface area (Å²) >= 11 is 1.76. The fraction of sp³-hybridized carbons (Fsp3) is 0.421. The summed E-state index contributed by atoms with van der Waals surface area (Å²) in [4.78, 5) is 26.9. The lowest BCUT2D eigenvalue weighted by molar-refractivity contribution is -0.119. The molecule has 3 rings (SSSR count). The van der Waals surface area contributed by atoms with E-state index in [1.54, 1.807) is 32.4 Å². The number of rotatable bonds is 6. The molecule has 2 aromatic rings. The van der Waals surface area contributed by atoms with Crippen LogP contribution in [0.3, 0.4) is 0 Å². The van der Waals surface area contributed by atoms with Crippen LogP contribution in [0.25, 0.3) is 10.9 Å². The summed E-state index contributed by atoms with van der Waals surface area (Å²) in [7, 11) is 3.83. The van der Waals surface area contributed by atoms with Gasteiger partial charge < -0.3 is 19.7 Å². The van der Waals surface area contributed by atoms with E-state index in [1.165, 1.54) is 0 Å². The Kier molecular flexibility index (Phi) is 8.49. The predicted octanol–water partition coefficient (Wildman–Crippen LogP) is 1.58. The first-order valence-electron chi connectivity index (χ1n) is 8.98. The molecular weight excluding hydrogens is 378 g/mol. The zero-order valence-corrected chi connectivity index (χ0v) is 17.3. The summed E-state index contributed by atoms with van der Waals surface area (Å²) in [6, 6.07) is 3.67. The number of likely N-dealkylation sites (N-methyl/N-ethyl adjacent to an activating group) is 1. The van der Waals surface area contributed by atoms with E-state index in [-0.39, 0.29) is 5.91 Å². The fourth-order valence-electron chi connectivity index (χ4n) is 2.56. The van der Waals surface area contributed by atoms with Crippen LogP contribution in [-0.4, -0.2) is 76.7 Å².